The molecule has 0 aromatic heterocycles. The van der Waals surface area contributed by atoms with Crippen LogP contribution in [0.3, 0.4) is 0 Å². The minimum atomic E-state index is -4.64. The molecule has 0 radical (unpaired) electrons. The Morgan fingerprint density at radius 2 is 0.955 bits per heavy atom. The van der Waals surface area contributed by atoms with E-state index in [2.05, 4.69) is 0 Å². The van der Waals surface area contributed by atoms with Crippen molar-refractivity contribution in [1.82, 2.24) is 0 Å². The highest BCUT2D eigenvalue weighted by atomic mass is 35.5. The zero-order valence-electron chi connectivity index (χ0n) is 12.3. The summed E-state index contributed by atoms with van der Waals surface area (Å²) in [5, 5.41) is -0.882. The summed E-state index contributed by atoms with van der Waals surface area (Å²) in [6.07, 6.45) is 0. The first-order chi connectivity index (χ1) is 9.75. The molecule has 0 spiro atoms. The molecule has 13 heteroatoms. The summed E-state index contributed by atoms with van der Waals surface area (Å²) in [7, 11) is -8.27. The lowest BCUT2D eigenvalue weighted by Crippen LogP contribution is -2.13. The summed E-state index contributed by atoms with van der Waals surface area (Å²) < 4.78 is 36.1. The van der Waals surface area contributed by atoms with Crippen LogP contribution in [0.15, 0.2) is 0 Å². The molecule has 3 unspecified atom stereocenters. The molecule has 136 valence electrons. The van der Waals surface area contributed by atoms with Gasteiger partial charge in [0.15, 0.2) is 0 Å². The standard InChI is InChI=1S/C9H18Cl3O4P.H3O4P/c1-7(10)4-14-17(13,15-5-8(2)11)16-6-9(3)12;1-5(2,3)4/h7-9H,4-6H2,1-3H3;(H3,1,2,3,4). The SMILES string of the molecule is CC(Cl)COP(=O)(OCC(C)Cl)OCC(C)Cl.O=P(O)(O)O. The van der Waals surface area contributed by atoms with Gasteiger partial charge in [-0.1, -0.05) is 0 Å². The molecule has 0 aliphatic heterocycles. The van der Waals surface area contributed by atoms with Crippen LogP contribution < -0.4 is 0 Å². The summed E-state index contributed by atoms with van der Waals surface area (Å²) in [4.78, 5) is 21.6. The molecule has 0 amide bonds. The van der Waals surface area contributed by atoms with Crippen LogP contribution in [-0.2, 0) is 22.7 Å². The number of alkyl halides is 3. The van der Waals surface area contributed by atoms with Gasteiger partial charge in [0, 0.05) is 0 Å². The molecule has 0 bridgehead atoms. The van der Waals surface area contributed by atoms with Crippen LogP contribution in [0.25, 0.3) is 0 Å². The van der Waals surface area contributed by atoms with Crippen molar-refractivity contribution in [3.05, 3.63) is 0 Å². The first kappa shape index (κ1) is 25.3. The molecule has 0 fully saturated rings. The van der Waals surface area contributed by atoms with Crippen molar-refractivity contribution in [3.8, 4) is 0 Å². The lowest BCUT2D eigenvalue weighted by Gasteiger charge is -2.19. The Kier molecular flexibility index (Phi) is 14.3. The van der Waals surface area contributed by atoms with E-state index in [1.54, 1.807) is 20.8 Å². The van der Waals surface area contributed by atoms with Gasteiger partial charge in [0.25, 0.3) is 0 Å². The van der Waals surface area contributed by atoms with Crippen molar-refractivity contribution in [2.24, 2.45) is 0 Å². The van der Waals surface area contributed by atoms with Gasteiger partial charge < -0.3 is 14.7 Å². The Morgan fingerprint density at radius 1 is 0.773 bits per heavy atom. The average molecular weight is 426 g/mol. The number of phosphoric ester groups is 1. The van der Waals surface area contributed by atoms with Crippen LogP contribution in [0.2, 0.25) is 0 Å². The number of halogens is 3. The molecule has 0 saturated heterocycles. The maximum absolute atomic E-state index is 12.1. The number of hydrogen-bond donors (Lipinski definition) is 3. The molecule has 0 aromatic rings. The molecule has 8 nitrogen and oxygen atoms in total. The fourth-order valence-corrected chi connectivity index (χ4v) is 2.59. The quantitative estimate of drug-likeness (QED) is 0.380. The van der Waals surface area contributed by atoms with Gasteiger partial charge in [0.05, 0.1) is 36.0 Å². The summed E-state index contributed by atoms with van der Waals surface area (Å²) in [6.45, 7) is 5.31. The zero-order chi connectivity index (χ0) is 18.0. The summed E-state index contributed by atoms with van der Waals surface area (Å²) in [5.74, 6) is 0. The van der Waals surface area contributed by atoms with Gasteiger partial charge in [-0.05, 0) is 20.8 Å². The van der Waals surface area contributed by atoms with E-state index in [0.29, 0.717) is 0 Å². The molecule has 0 heterocycles. The van der Waals surface area contributed by atoms with E-state index in [1.807, 2.05) is 0 Å². The zero-order valence-corrected chi connectivity index (χ0v) is 16.3. The van der Waals surface area contributed by atoms with Gasteiger partial charge in [-0.15, -0.1) is 34.8 Å². The van der Waals surface area contributed by atoms with E-state index in [9.17, 15) is 4.57 Å². The lowest BCUT2D eigenvalue weighted by atomic mass is 10.5. The van der Waals surface area contributed by atoms with Gasteiger partial charge in [0.1, 0.15) is 0 Å². The predicted octanol–water partition coefficient (Wildman–Crippen LogP) is 3.10. The van der Waals surface area contributed by atoms with Crippen LogP contribution in [0, 0.1) is 0 Å². The molecule has 0 rings (SSSR count). The lowest BCUT2D eigenvalue weighted by molar-refractivity contribution is 0.115. The minimum Gasteiger partial charge on any atom is -0.303 e. The maximum atomic E-state index is 12.1. The first-order valence-electron chi connectivity index (χ1n) is 5.99. The number of hydrogen-bond acceptors (Lipinski definition) is 5. The van der Waals surface area contributed by atoms with Crippen molar-refractivity contribution < 1.29 is 37.4 Å². The Hall–Kier alpha value is 1.09. The molecule has 0 aliphatic carbocycles. The monoisotopic (exact) mass is 424 g/mol. The fourth-order valence-electron chi connectivity index (χ4n) is 0.694. The highest BCUT2D eigenvalue weighted by molar-refractivity contribution is 7.48. The normalized spacial score (nSPS) is 18.6. The molecular formula is C9H21Cl3O8P2. The molecule has 3 atom stereocenters. The van der Waals surface area contributed by atoms with Gasteiger partial charge in [-0.2, -0.15) is 0 Å². The van der Waals surface area contributed by atoms with Crippen LogP contribution in [0.5, 0.6) is 0 Å². The van der Waals surface area contributed by atoms with Crippen molar-refractivity contribution in [3.63, 3.8) is 0 Å². The molecule has 0 aromatic carbocycles. The van der Waals surface area contributed by atoms with Crippen molar-refractivity contribution in [2.75, 3.05) is 19.8 Å². The fraction of sp³-hybridized carbons (Fsp3) is 1.00. The van der Waals surface area contributed by atoms with E-state index >= 15 is 0 Å². The number of rotatable bonds is 9. The Morgan fingerprint density at radius 3 is 1.09 bits per heavy atom. The highest BCUT2D eigenvalue weighted by Crippen LogP contribution is 2.50. The van der Waals surface area contributed by atoms with Gasteiger partial charge in [-0.25, -0.2) is 9.13 Å². The molecular weight excluding hydrogens is 404 g/mol. The first-order valence-corrected chi connectivity index (χ1v) is 10.3. The maximum Gasteiger partial charge on any atom is 0.474 e. The summed E-state index contributed by atoms with van der Waals surface area (Å²) >= 11 is 17.1. The second-order valence-corrected chi connectivity index (χ2v) is 9.12. The molecule has 22 heavy (non-hydrogen) atoms. The predicted molar refractivity (Wildman–Crippen MR) is 85.7 cm³/mol. The van der Waals surface area contributed by atoms with Crippen LogP contribution >= 0.6 is 50.4 Å². The van der Waals surface area contributed by atoms with Gasteiger partial charge >= 0.3 is 15.6 Å². The highest BCUT2D eigenvalue weighted by Gasteiger charge is 2.28. The minimum absolute atomic E-state index is 0.0617. The van der Waals surface area contributed by atoms with E-state index in [1.165, 1.54) is 0 Å². The largest absolute Gasteiger partial charge is 0.474 e. The van der Waals surface area contributed by atoms with Crippen LogP contribution in [-0.4, -0.2) is 50.6 Å². The van der Waals surface area contributed by atoms with Gasteiger partial charge in [0.2, 0.25) is 0 Å². The third-order valence-corrected chi connectivity index (χ3v) is 3.16. The van der Waals surface area contributed by atoms with E-state index in [-0.39, 0.29) is 36.0 Å². The third kappa shape index (κ3) is 23.4. The third-order valence-electron chi connectivity index (χ3n) is 1.39. The second kappa shape index (κ2) is 12.5. The van der Waals surface area contributed by atoms with Crippen molar-refractivity contribution >= 4 is 50.4 Å². The Labute approximate surface area is 144 Å². The van der Waals surface area contributed by atoms with Gasteiger partial charge in [-0.3, -0.25) is 13.6 Å². The molecule has 3 N–H and O–H groups in total. The molecule has 0 saturated carbocycles. The molecule has 0 aliphatic rings. The van der Waals surface area contributed by atoms with E-state index < -0.39 is 15.6 Å². The van der Waals surface area contributed by atoms with Crippen molar-refractivity contribution in [2.45, 2.75) is 36.9 Å². The number of phosphoric acid groups is 2. The van der Waals surface area contributed by atoms with Crippen LogP contribution in [0.4, 0.5) is 0 Å². The van der Waals surface area contributed by atoms with E-state index in [4.69, 9.17) is 67.6 Å². The smallest absolute Gasteiger partial charge is 0.303 e. The Balaban J connectivity index is 0. The van der Waals surface area contributed by atoms with Crippen molar-refractivity contribution in [1.29, 1.82) is 0 Å². The van der Waals surface area contributed by atoms with E-state index in [0.717, 1.165) is 0 Å². The van der Waals surface area contributed by atoms with Crippen LogP contribution in [0.1, 0.15) is 20.8 Å². The summed E-state index contributed by atoms with van der Waals surface area (Å²) in [5.41, 5.74) is 0. The topological polar surface area (TPSA) is 123 Å². The second-order valence-electron chi connectivity index (χ2n) is 4.19. The average Bonchev–Trinajstić information content (AvgIpc) is 2.30. The Bertz CT molecular complexity index is 328. The summed E-state index contributed by atoms with van der Waals surface area (Å²) in [6, 6.07) is 0.